The number of methoxy groups -OCH3 is 1. The molecule has 7 heteroatoms. The molecule has 0 radical (unpaired) electrons. The van der Waals surface area contributed by atoms with Crippen molar-refractivity contribution >= 4 is 29.9 Å². The molecule has 26 heavy (non-hydrogen) atoms. The van der Waals surface area contributed by atoms with Gasteiger partial charge in [0.1, 0.15) is 5.82 Å². The standard InChI is InChI=1S/C19H25FN4O.HI/c1-4-21-19(24-13-15-7-9-22-18(12-15)25-3)23-10-8-16-5-6-17(20)11-14(16)2;/h5-7,9,11-12H,4,8,10,13H2,1-3H3,(H2,21,23,24);1H. The third kappa shape index (κ3) is 7.15. The van der Waals surface area contributed by atoms with Crippen molar-refractivity contribution in [1.82, 2.24) is 15.6 Å². The molecular weight excluding hydrogens is 446 g/mol. The average Bonchev–Trinajstić information content (AvgIpc) is 2.61. The predicted octanol–water partition coefficient (Wildman–Crippen LogP) is 3.45. The number of halogens is 2. The Morgan fingerprint density at radius 3 is 2.73 bits per heavy atom. The highest BCUT2D eigenvalue weighted by Gasteiger charge is 2.02. The Balaban J connectivity index is 0.00000338. The van der Waals surface area contributed by atoms with Crippen LogP contribution in [-0.4, -0.2) is 31.1 Å². The van der Waals surface area contributed by atoms with Crippen molar-refractivity contribution in [2.24, 2.45) is 4.99 Å². The predicted molar refractivity (Wildman–Crippen MR) is 114 cm³/mol. The van der Waals surface area contributed by atoms with Crippen LogP contribution in [0.15, 0.2) is 41.5 Å². The van der Waals surface area contributed by atoms with E-state index in [0.29, 0.717) is 12.4 Å². The van der Waals surface area contributed by atoms with Gasteiger partial charge in [0.15, 0.2) is 5.96 Å². The van der Waals surface area contributed by atoms with Gasteiger partial charge >= 0.3 is 0 Å². The molecule has 0 amide bonds. The second-order valence-electron chi connectivity index (χ2n) is 5.65. The lowest BCUT2D eigenvalue weighted by Gasteiger charge is -2.12. The maximum absolute atomic E-state index is 13.2. The van der Waals surface area contributed by atoms with E-state index in [9.17, 15) is 4.39 Å². The molecule has 1 aromatic heterocycles. The maximum atomic E-state index is 13.2. The van der Waals surface area contributed by atoms with E-state index in [2.05, 4.69) is 20.6 Å². The molecule has 0 atom stereocenters. The molecule has 0 unspecified atom stereocenters. The number of pyridine rings is 1. The van der Waals surface area contributed by atoms with Crippen molar-refractivity contribution in [3.63, 3.8) is 0 Å². The molecule has 0 aliphatic rings. The Kier molecular flexibility index (Phi) is 9.93. The quantitative estimate of drug-likeness (QED) is 0.368. The van der Waals surface area contributed by atoms with Crippen LogP contribution in [-0.2, 0) is 13.0 Å². The van der Waals surface area contributed by atoms with Crippen molar-refractivity contribution in [1.29, 1.82) is 0 Å². The minimum absolute atomic E-state index is 0. The smallest absolute Gasteiger partial charge is 0.213 e. The fourth-order valence-electron chi connectivity index (χ4n) is 2.43. The number of nitrogens with one attached hydrogen (secondary N) is 2. The number of nitrogens with zero attached hydrogens (tertiary/aromatic N) is 2. The van der Waals surface area contributed by atoms with Gasteiger partial charge in [-0.05, 0) is 55.2 Å². The molecule has 2 aromatic rings. The summed E-state index contributed by atoms with van der Waals surface area (Å²) < 4.78 is 18.3. The maximum Gasteiger partial charge on any atom is 0.213 e. The summed E-state index contributed by atoms with van der Waals surface area (Å²) in [7, 11) is 1.60. The molecule has 0 saturated heterocycles. The summed E-state index contributed by atoms with van der Waals surface area (Å²) in [5, 5.41) is 6.53. The summed E-state index contributed by atoms with van der Waals surface area (Å²) in [6.45, 7) is 5.98. The second kappa shape index (κ2) is 11.7. The zero-order chi connectivity index (χ0) is 18.1. The van der Waals surface area contributed by atoms with E-state index in [-0.39, 0.29) is 29.8 Å². The van der Waals surface area contributed by atoms with E-state index in [1.807, 2.05) is 32.0 Å². The highest BCUT2D eigenvalue weighted by molar-refractivity contribution is 14.0. The number of hydrogen-bond donors (Lipinski definition) is 2. The molecular formula is C19H26FIN4O. The lowest BCUT2D eigenvalue weighted by atomic mass is 10.1. The van der Waals surface area contributed by atoms with E-state index < -0.39 is 0 Å². The van der Waals surface area contributed by atoms with Crippen LogP contribution in [0.2, 0.25) is 0 Å². The van der Waals surface area contributed by atoms with Gasteiger partial charge in [0.2, 0.25) is 5.88 Å². The van der Waals surface area contributed by atoms with E-state index in [1.54, 1.807) is 19.4 Å². The molecule has 0 aliphatic heterocycles. The van der Waals surface area contributed by atoms with Crippen molar-refractivity contribution in [3.8, 4) is 5.88 Å². The molecule has 2 N–H and O–H groups in total. The van der Waals surface area contributed by atoms with Gasteiger partial charge in [-0.25, -0.2) is 14.4 Å². The summed E-state index contributed by atoms with van der Waals surface area (Å²) in [6.07, 6.45) is 2.51. The Morgan fingerprint density at radius 2 is 2.04 bits per heavy atom. The average molecular weight is 472 g/mol. The molecule has 0 saturated carbocycles. The number of guanidine groups is 1. The van der Waals surface area contributed by atoms with Crippen molar-refractivity contribution < 1.29 is 9.13 Å². The lowest BCUT2D eigenvalue weighted by Crippen LogP contribution is -2.38. The summed E-state index contributed by atoms with van der Waals surface area (Å²) in [5.41, 5.74) is 3.12. The Morgan fingerprint density at radius 1 is 1.23 bits per heavy atom. The van der Waals surface area contributed by atoms with Crippen LogP contribution in [0.1, 0.15) is 23.6 Å². The van der Waals surface area contributed by atoms with Gasteiger partial charge in [-0.2, -0.15) is 0 Å². The van der Waals surface area contributed by atoms with Crippen LogP contribution in [0.3, 0.4) is 0 Å². The number of rotatable bonds is 7. The first-order chi connectivity index (χ1) is 12.1. The summed E-state index contributed by atoms with van der Waals surface area (Å²) >= 11 is 0. The molecule has 0 aliphatic carbocycles. The Bertz CT molecular complexity index is 724. The van der Waals surface area contributed by atoms with Gasteiger partial charge < -0.3 is 15.4 Å². The van der Waals surface area contributed by atoms with Crippen LogP contribution >= 0.6 is 24.0 Å². The monoisotopic (exact) mass is 472 g/mol. The molecule has 1 heterocycles. The minimum Gasteiger partial charge on any atom is -0.481 e. The number of aryl methyl sites for hydroxylation is 1. The zero-order valence-electron chi connectivity index (χ0n) is 15.4. The molecule has 0 bridgehead atoms. The molecule has 0 fully saturated rings. The lowest BCUT2D eigenvalue weighted by molar-refractivity contribution is 0.397. The van der Waals surface area contributed by atoms with Crippen molar-refractivity contribution in [3.05, 3.63) is 59.0 Å². The van der Waals surface area contributed by atoms with Crippen LogP contribution in [0.4, 0.5) is 4.39 Å². The summed E-state index contributed by atoms with van der Waals surface area (Å²) in [5.74, 6) is 1.13. The minimum atomic E-state index is -0.197. The number of aromatic nitrogens is 1. The highest BCUT2D eigenvalue weighted by atomic mass is 127. The van der Waals surface area contributed by atoms with Crippen LogP contribution in [0.25, 0.3) is 0 Å². The normalized spacial score (nSPS) is 10.8. The number of ether oxygens (including phenoxy) is 1. The van der Waals surface area contributed by atoms with E-state index >= 15 is 0 Å². The van der Waals surface area contributed by atoms with Gasteiger partial charge in [-0.3, -0.25) is 0 Å². The molecule has 2 rings (SSSR count). The summed E-state index contributed by atoms with van der Waals surface area (Å²) in [6, 6.07) is 8.68. The van der Waals surface area contributed by atoms with E-state index in [0.717, 1.165) is 42.2 Å². The Hall–Kier alpha value is -1.90. The van der Waals surface area contributed by atoms with Crippen molar-refractivity contribution in [2.75, 3.05) is 20.2 Å². The fourth-order valence-corrected chi connectivity index (χ4v) is 2.43. The van der Waals surface area contributed by atoms with Gasteiger partial charge in [-0.1, -0.05) is 6.07 Å². The van der Waals surface area contributed by atoms with Crippen LogP contribution < -0.4 is 15.4 Å². The first kappa shape index (κ1) is 22.1. The van der Waals surface area contributed by atoms with Crippen LogP contribution in [0, 0.1) is 12.7 Å². The topological polar surface area (TPSA) is 58.5 Å². The van der Waals surface area contributed by atoms with Gasteiger partial charge in [0.05, 0.1) is 13.7 Å². The third-order valence-electron chi connectivity index (χ3n) is 3.76. The largest absolute Gasteiger partial charge is 0.481 e. The highest BCUT2D eigenvalue weighted by Crippen LogP contribution is 2.11. The Labute approximate surface area is 171 Å². The molecule has 5 nitrogen and oxygen atoms in total. The van der Waals surface area contributed by atoms with Gasteiger partial charge in [0.25, 0.3) is 0 Å². The first-order valence-corrected chi connectivity index (χ1v) is 8.38. The SMILES string of the molecule is CCNC(=NCc1ccnc(OC)c1)NCCc1ccc(F)cc1C.I. The zero-order valence-corrected chi connectivity index (χ0v) is 17.7. The fraction of sp³-hybridized carbons (Fsp3) is 0.368. The molecule has 142 valence electrons. The van der Waals surface area contributed by atoms with Gasteiger partial charge in [-0.15, -0.1) is 24.0 Å². The molecule has 1 aromatic carbocycles. The first-order valence-electron chi connectivity index (χ1n) is 8.38. The van der Waals surface area contributed by atoms with Crippen LogP contribution in [0.5, 0.6) is 5.88 Å². The summed E-state index contributed by atoms with van der Waals surface area (Å²) in [4.78, 5) is 8.67. The number of benzene rings is 1. The number of aliphatic imine (C=N–C) groups is 1. The van der Waals surface area contributed by atoms with E-state index in [1.165, 1.54) is 6.07 Å². The number of hydrogen-bond acceptors (Lipinski definition) is 3. The van der Waals surface area contributed by atoms with Crippen molar-refractivity contribution in [2.45, 2.75) is 26.8 Å². The third-order valence-corrected chi connectivity index (χ3v) is 3.76. The second-order valence-corrected chi connectivity index (χ2v) is 5.65. The van der Waals surface area contributed by atoms with Gasteiger partial charge in [0, 0.05) is 25.4 Å². The molecule has 0 spiro atoms. The van der Waals surface area contributed by atoms with E-state index in [4.69, 9.17) is 4.74 Å².